The van der Waals surface area contributed by atoms with Gasteiger partial charge in [-0.25, -0.2) is 9.37 Å². The highest BCUT2D eigenvalue weighted by molar-refractivity contribution is 5.67. The fourth-order valence-corrected chi connectivity index (χ4v) is 2.55. The van der Waals surface area contributed by atoms with Crippen LogP contribution in [0.4, 0.5) is 22.0 Å². The van der Waals surface area contributed by atoms with Gasteiger partial charge in [-0.2, -0.15) is 22.2 Å². The van der Waals surface area contributed by atoms with E-state index in [4.69, 9.17) is 0 Å². The molecule has 2 heterocycles. The lowest BCUT2D eigenvalue weighted by molar-refractivity contribution is -0.137. The molecule has 0 bridgehead atoms. The molecule has 0 saturated heterocycles. The molecule has 11 heteroatoms. The van der Waals surface area contributed by atoms with Crippen molar-refractivity contribution in [1.82, 2.24) is 25.2 Å². The Bertz CT molecular complexity index is 939. The highest BCUT2D eigenvalue weighted by atomic mass is 19.4. The van der Waals surface area contributed by atoms with Crippen LogP contribution >= 0.6 is 0 Å². The fraction of sp³-hybridized carbons (Fsp3) is 0.250. The number of nitrogens with zero attached hydrogens (tertiary/aromatic N) is 5. The molecule has 0 aliphatic heterocycles. The predicted octanol–water partition coefficient (Wildman–Crippen LogP) is 2.94. The number of tetrazole rings is 1. The van der Waals surface area contributed by atoms with Crippen LogP contribution < -0.4 is 0 Å². The second-order valence-corrected chi connectivity index (χ2v) is 5.77. The molecule has 0 spiro atoms. The normalized spacial score (nSPS) is 13.0. The van der Waals surface area contributed by atoms with Crippen molar-refractivity contribution < 1.29 is 27.1 Å². The number of halogens is 5. The van der Waals surface area contributed by atoms with Gasteiger partial charge < -0.3 is 5.11 Å². The van der Waals surface area contributed by atoms with E-state index in [1.807, 2.05) is 0 Å². The summed E-state index contributed by atoms with van der Waals surface area (Å²) in [6, 6.07) is 3.33. The van der Waals surface area contributed by atoms with E-state index in [-0.39, 0.29) is 23.4 Å². The molecule has 1 N–H and O–H groups in total. The van der Waals surface area contributed by atoms with Gasteiger partial charge in [0.25, 0.3) is 0 Å². The lowest BCUT2D eigenvalue weighted by Crippen LogP contribution is -2.15. The van der Waals surface area contributed by atoms with Crippen LogP contribution in [0.5, 0.6) is 0 Å². The zero-order valence-electron chi connectivity index (χ0n) is 13.7. The first kappa shape index (κ1) is 18.8. The van der Waals surface area contributed by atoms with Gasteiger partial charge in [-0.1, -0.05) is 12.1 Å². The minimum atomic E-state index is -4.58. The highest BCUT2D eigenvalue weighted by Gasteiger charge is 2.31. The summed E-state index contributed by atoms with van der Waals surface area (Å²) in [5.74, 6) is -2.33. The minimum Gasteiger partial charge on any atom is -0.393 e. The van der Waals surface area contributed by atoms with E-state index in [1.54, 1.807) is 0 Å². The number of aliphatic hydroxyl groups is 1. The predicted molar refractivity (Wildman–Crippen MR) is 82.7 cm³/mol. The van der Waals surface area contributed by atoms with Gasteiger partial charge in [0, 0.05) is 6.42 Å². The van der Waals surface area contributed by atoms with Gasteiger partial charge in [0.1, 0.15) is 12.0 Å². The van der Waals surface area contributed by atoms with Crippen LogP contribution in [0.15, 0.2) is 30.6 Å². The van der Waals surface area contributed by atoms with E-state index < -0.39 is 35.2 Å². The van der Waals surface area contributed by atoms with Gasteiger partial charge >= 0.3 is 6.18 Å². The number of alkyl halides is 3. The third-order valence-electron chi connectivity index (χ3n) is 3.71. The van der Waals surface area contributed by atoms with Crippen LogP contribution in [0.1, 0.15) is 18.2 Å². The lowest BCUT2D eigenvalue weighted by Gasteiger charge is -2.15. The largest absolute Gasteiger partial charge is 0.416 e. The van der Waals surface area contributed by atoms with E-state index in [0.29, 0.717) is 12.1 Å². The Labute approximate surface area is 149 Å². The summed E-state index contributed by atoms with van der Waals surface area (Å²) < 4.78 is 68.6. The molecular formula is C16H12F5N5O. The zero-order valence-corrected chi connectivity index (χ0v) is 13.7. The first-order valence-electron chi connectivity index (χ1n) is 7.65. The Balaban J connectivity index is 2.18. The molecule has 2 aromatic heterocycles. The van der Waals surface area contributed by atoms with Gasteiger partial charge in [0.15, 0.2) is 5.82 Å². The topological polar surface area (TPSA) is 76.7 Å². The maximum atomic E-state index is 15.1. The van der Waals surface area contributed by atoms with Gasteiger partial charge in [0.2, 0.25) is 5.95 Å². The van der Waals surface area contributed by atoms with E-state index in [0.717, 1.165) is 23.1 Å². The summed E-state index contributed by atoms with van der Waals surface area (Å²) in [5, 5.41) is 19.9. The molecule has 0 aliphatic carbocycles. The SMILES string of the molecule is CC(O)Cc1nc(F)c(-c2ccc(C(F)(F)F)cc2)c(F)c1-n1cnnn1. The molecule has 1 aromatic carbocycles. The summed E-state index contributed by atoms with van der Waals surface area (Å²) in [5.41, 5.74) is -2.14. The molecule has 6 nitrogen and oxygen atoms in total. The average Bonchev–Trinajstić information content (AvgIpc) is 3.07. The molecule has 0 saturated carbocycles. The Hall–Kier alpha value is -2.95. The molecule has 27 heavy (non-hydrogen) atoms. The molecule has 0 radical (unpaired) electrons. The number of pyridine rings is 1. The van der Waals surface area contributed by atoms with E-state index in [2.05, 4.69) is 20.5 Å². The minimum absolute atomic E-state index is 0.136. The molecule has 3 rings (SSSR count). The van der Waals surface area contributed by atoms with Gasteiger partial charge in [-0.15, -0.1) is 5.10 Å². The number of hydrogen-bond acceptors (Lipinski definition) is 5. The molecule has 1 atom stereocenters. The summed E-state index contributed by atoms with van der Waals surface area (Å²) in [4.78, 5) is 3.67. The summed E-state index contributed by atoms with van der Waals surface area (Å²) >= 11 is 0. The van der Waals surface area contributed by atoms with Crippen molar-refractivity contribution in [1.29, 1.82) is 0 Å². The van der Waals surface area contributed by atoms with Gasteiger partial charge in [-0.05, 0) is 35.0 Å². The molecule has 142 valence electrons. The average molecular weight is 385 g/mol. The Morgan fingerprint density at radius 2 is 1.81 bits per heavy atom. The standard InChI is InChI=1S/C16H12F5N5O/c1-8(27)6-11-14(26-7-22-24-25-26)13(17)12(15(18)23-11)9-2-4-10(5-3-9)16(19,20)21/h2-5,7-8,27H,6H2,1H3. The van der Waals surface area contributed by atoms with Crippen LogP contribution in [-0.2, 0) is 12.6 Å². The quantitative estimate of drug-likeness (QED) is 0.552. The molecule has 0 amide bonds. The number of benzene rings is 1. The smallest absolute Gasteiger partial charge is 0.393 e. The first-order valence-corrected chi connectivity index (χ1v) is 7.65. The van der Waals surface area contributed by atoms with Crippen LogP contribution in [0.2, 0.25) is 0 Å². The molecule has 3 aromatic rings. The first-order chi connectivity index (χ1) is 12.7. The molecule has 1 unspecified atom stereocenters. The van der Waals surface area contributed by atoms with Crippen LogP contribution in [0.3, 0.4) is 0 Å². The second kappa shape index (κ2) is 6.99. The third-order valence-corrected chi connectivity index (χ3v) is 3.71. The van der Waals surface area contributed by atoms with Crippen LogP contribution in [-0.4, -0.2) is 36.4 Å². The van der Waals surface area contributed by atoms with Crippen molar-refractivity contribution >= 4 is 0 Å². The Kier molecular flexibility index (Phi) is 4.87. The third kappa shape index (κ3) is 3.77. The molecular weight excluding hydrogens is 373 g/mol. The van der Waals surface area contributed by atoms with Crippen molar-refractivity contribution in [3.05, 3.63) is 53.6 Å². The highest BCUT2D eigenvalue weighted by Crippen LogP contribution is 2.34. The Morgan fingerprint density at radius 1 is 1.15 bits per heavy atom. The van der Waals surface area contributed by atoms with Crippen molar-refractivity contribution in [2.75, 3.05) is 0 Å². The monoisotopic (exact) mass is 385 g/mol. The van der Waals surface area contributed by atoms with E-state index in [9.17, 15) is 22.7 Å². The lowest BCUT2D eigenvalue weighted by atomic mass is 10.0. The summed E-state index contributed by atoms with van der Waals surface area (Å²) in [6.07, 6.45) is -4.66. The van der Waals surface area contributed by atoms with Crippen molar-refractivity contribution in [2.24, 2.45) is 0 Å². The zero-order chi connectivity index (χ0) is 19.8. The molecule has 0 aliphatic rings. The van der Waals surface area contributed by atoms with Crippen LogP contribution in [0, 0.1) is 11.8 Å². The summed E-state index contributed by atoms with van der Waals surface area (Å²) in [7, 11) is 0. The maximum absolute atomic E-state index is 15.1. The van der Waals surface area contributed by atoms with Gasteiger partial charge in [-0.3, -0.25) is 0 Å². The molecule has 0 fully saturated rings. The van der Waals surface area contributed by atoms with Gasteiger partial charge in [0.05, 0.1) is 22.9 Å². The van der Waals surface area contributed by atoms with E-state index in [1.165, 1.54) is 6.92 Å². The second-order valence-electron chi connectivity index (χ2n) is 5.77. The number of hydrogen-bond donors (Lipinski definition) is 1. The van der Waals surface area contributed by atoms with Crippen LogP contribution in [0.25, 0.3) is 16.8 Å². The van der Waals surface area contributed by atoms with Crippen molar-refractivity contribution in [2.45, 2.75) is 25.6 Å². The number of aliphatic hydroxyl groups excluding tert-OH is 1. The van der Waals surface area contributed by atoms with Crippen molar-refractivity contribution in [3.63, 3.8) is 0 Å². The summed E-state index contributed by atoms with van der Waals surface area (Å²) in [6.45, 7) is 1.41. The Morgan fingerprint density at radius 3 is 2.33 bits per heavy atom. The maximum Gasteiger partial charge on any atom is 0.416 e. The fourth-order valence-electron chi connectivity index (χ4n) is 2.55. The number of rotatable bonds is 4. The number of aromatic nitrogens is 5. The van der Waals surface area contributed by atoms with Crippen molar-refractivity contribution in [3.8, 4) is 16.8 Å². The van der Waals surface area contributed by atoms with E-state index >= 15 is 4.39 Å².